The molecule has 1 aliphatic rings. The third-order valence-corrected chi connectivity index (χ3v) is 7.13. The van der Waals surface area contributed by atoms with Gasteiger partial charge in [-0.1, -0.05) is 36.6 Å². The van der Waals surface area contributed by atoms with Gasteiger partial charge in [-0.25, -0.2) is 8.42 Å². The predicted molar refractivity (Wildman–Crippen MR) is 113 cm³/mol. The quantitative estimate of drug-likeness (QED) is 0.746. The number of nitrogens with one attached hydrogen (secondary N) is 1. The molecule has 0 aliphatic carbocycles. The molecule has 1 amide bonds. The first-order valence-electron chi connectivity index (χ1n) is 9.62. The minimum absolute atomic E-state index is 0.108. The van der Waals surface area contributed by atoms with Gasteiger partial charge in [-0.3, -0.25) is 4.79 Å². The maximum Gasteiger partial charge on any atom is 0.255 e. The van der Waals surface area contributed by atoms with Gasteiger partial charge in [0.2, 0.25) is 10.0 Å². The second-order valence-electron chi connectivity index (χ2n) is 6.99. The van der Waals surface area contributed by atoms with Crippen LogP contribution in [0, 0.1) is 0 Å². The van der Waals surface area contributed by atoms with Gasteiger partial charge in [0.25, 0.3) is 5.91 Å². The summed E-state index contributed by atoms with van der Waals surface area (Å²) in [6, 6.07) is 11.6. The van der Waals surface area contributed by atoms with Gasteiger partial charge in [0.1, 0.15) is 5.75 Å². The molecule has 29 heavy (non-hydrogen) atoms. The summed E-state index contributed by atoms with van der Waals surface area (Å²) in [5.74, 6) is -0.0712. The molecule has 3 rings (SSSR count). The highest BCUT2D eigenvalue weighted by Crippen LogP contribution is 2.26. The van der Waals surface area contributed by atoms with E-state index >= 15 is 0 Å². The summed E-state index contributed by atoms with van der Waals surface area (Å²) >= 11 is 5.88. The monoisotopic (exact) mass is 436 g/mol. The fourth-order valence-electron chi connectivity index (χ4n) is 3.34. The van der Waals surface area contributed by atoms with Gasteiger partial charge in [-0.05, 0) is 48.7 Å². The summed E-state index contributed by atoms with van der Waals surface area (Å²) in [5.41, 5.74) is 1.08. The smallest absolute Gasteiger partial charge is 0.255 e. The average Bonchev–Trinajstić information content (AvgIpc) is 3.03. The van der Waals surface area contributed by atoms with E-state index in [2.05, 4.69) is 5.32 Å². The summed E-state index contributed by atoms with van der Waals surface area (Å²) in [6.07, 6.45) is 3.77. The van der Waals surface area contributed by atoms with Crippen molar-refractivity contribution in [2.24, 2.45) is 0 Å². The minimum atomic E-state index is -3.66. The van der Waals surface area contributed by atoms with Crippen LogP contribution in [0.5, 0.6) is 5.75 Å². The zero-order chi connectivity index (χ0) is 20.9. The maximum atomic E-state index is 13.1. The molecule has 8 heteroatoms. The Kier molecular flexibility index (Phi) is 7.16. The number of rotatable bonds is 6. The molecule has 1 saturated heterocycles. The Balaban J connectivity index is 1.82. The van der Waals surface area contributed by atoms with E-state index in [0.717, 1.165) is 31.2 Å². The molecule has 1 fully saturated rings. The maximum absolute atomic E-state index is 13.1. The second kappa shape index (κ2) is 9.61. The van der Waals surface area contributed by atoms with Crippen molar-refractivity contribution in [2.45, 2.75) is 37.1 Å². The summed E-state index contributed by atoms with van der Waals surface area (Å²) in [4.78, 5) is 12.9. The van der Waals surface area contributed by atoms with Gasteiger partial charge in [-0.15, -0.1) is 0 Å². The molecule has 0 unspecified atom stereocenters. The Labute approximate surface area is 176 Å². The number of nitrogens with zero attached hydrogens (tertiary/aromatic N) is 1. The van der Waals surface area contributed by atoms with Crippen molar-refractivity contribution < 1.29 is 17.9 Å². The Hall–Kier alpha value is -2.09. The molecule has 1 aliphatic heterocycles. The molecule has 156 valence electrons. The topological polar surface area (TPSA) is 75.7 Å². The lowest BCUT2D eigenvalue weighted by molar-refractivity contribution is 0.0947. The van der Waals surface area contributed by atoms with Crippen molar-refractivity contribution in [3.8, 4) is 5.75 Å². The van der Waals surface area contributed by atoms with Crippen LogP contribution in [0.15, 0.2) is 47.4 Å². The summed E-state index contributed by atoms with van der Waals surface area (Å²) in [7, 11) is -2.20. The van der Waals surface area contributed by atoms with E-state index in [1.165, 1.54) is 29.6 Å². The highest BCUT2D eigenvalue weighted by atomic mass is 35.5. The molecule has 1 heterocycles. The Morgan fingerprint density at radius 2 is 1.72 bits per heavy atom. The standard InChI is InChI=1S/C21H25ClN2O4S/c1-28-20-11-10-18(29(26,27)24-12-4-2-3-5-13-24)14-19(20)21(25)23-15-16-6-8-17(22)9-7-16/h6-11,14H,2-5,12-13,15H2,1H3,(H,23,25). The molecular formula is C21H25ClN2O4S. The highest BCUT2D eigenvalue weighted by Gasteiger charge is 2.27. The third-order valence-electron chi connectivity index (χ3n) is 4.98. The fourth-order valence-corrected chi connectivity index (χ4v) is 5.01. The predicted octanol–water partition coefficient (Wildman–Crippen LogP) is 3.84. The summed E-state index contributed by atoms with van der Waals surface area (Å²) in [6.45, 7) is 1.31. The van der Waals surface area contributed by atoms with E-state index in [0.29, 0.717) is 30.4 Å². The fraction of sp³-hybridized carbons (Fsp3) is 0.381. The SMILES string of the molecule is COc1ccc(S(=O)(=O)N2CCCCCC2)cc1C(=O)NCc1ccc(Cl)cc1. The van der Waals surface area contributed by atoms with Crippen LogP contribution in [-0.4, -0.2) is 38.8 Å². The van der Waals surface area contributed by atoms with Crippen LogP contribution in [0.2, 0.25) is 5.02 Å². The zero-order valence-electron chi connectivity index (χ0n) is 16.4. The van der Waals surface area contributed by atoms with Crippen molar-refractivity contribution in [3.63, 3.8) is 0 Å². The number of sulfonamides is 1. The lowest BCUT2D eigenvalue weighted by atomic mass is 10.1. The molecule has 1 N–H and O–H groups in total. The molecule has 0 aromatic heterocycles. The first-order valence-corrected chi connectivity index (χ1v) is 11.4. The van der Waals surface area contributed by atoms with E-state index in [4.69, 9.17) is 16.3 Å². The van der Waals surface area contributed by atoms with Gasteiger partial charge >= 0.3 is 0 Å². The largest absolute Gasteiger partial charge is 0.496 e. The zero-order valence-corrected chi connectivity index (χ0v) is 17.9. The number of methoxy groups -OCH3 is 1. The number of carbonyl (C=O) groups is 1. The Morgan fingerprint density at radius 3 is 2.34 bits per heavy atom. The van der Waals surface area contributed by atoms with Crippen LogP contribution in [0.25, 0.3) is 0 Å². The number of hydrogen-bond acceptors (Lipinski definition) is 4. The number of benzene rings is 2. The Bertz CT molecular complexity index is 953. The van der Waals surface area contributed by atoms with Crippen molar-refractivity contribution in [3.05, 3.63) is 58.6 Å². The third kappa shape index (κ3) is 5.29. The highest BCUT2D eigenvalue weighted by molar-refractivity contribution is 7.89. The minimum Gasteiger partial charge on any atom is -0.496 e. The molecular weight excluding hydrogens is 412 g/mol. The molecule has 6 nitrogen and oxygen atoms in total. The molecule has 0 spiro atoms. The lowest BCUT2D eigenvalue weighted by Gasteiger charge is -2.20. The molecule has 0 saturated carbocycles. The van der Waals surface area contributed by atoms with E-state index in [-0.39, 0.29) is 10.5 Å². The first-order chi connectivity index (χ1) is 13.9. The van der Waals surface area contributed by atoms with Crippen molar-refractivity contribution in [1.82, 2.24) is 9.62 Å². The summed E-state index contributed by atoms with van der Waals surface area (Å²) in [5, 5.41) is 3.43. The molecule has 2 aromatic rings. The molecule has 2 aromatic carbocycles. The number of ether oxygens (including phenoxy) is 1. The van der Waals surface area contributed by atoms with E-state index in [1.54, 1.807) is 12.1 Å². The van der Waals surface area contributed by atoms with Crippen LogP contribution < -0.4 is 10.1 Å². The van der Waals surface area contributed by atoms with Gasteiger partial charge in [-0.2, -0.15) is 4.31 Å². The molecule has 0 radical (unpaired) electrons. The lowest BCUT2D eigenvalue weighted by Crippen LogP contribution is -2.32. The van der Waals surface area contributed by atoms with Gasteiger partial charge in [0, 0.05) is 24.7 Å². The number of halogens is 1. The molecule has 0 bridgehead atoms. The van der Waals surface area contributed by atoms with Crippen LogP contribution >= 0.6 is 11.6 Å². The van der Waals surface area contributed by atoms with Crippen molar-refractivity contribution in [1.29, 1.82) is 0 Å². The summed E-state index contributed by atoms with van der Waals surface area (Å²) < 4.78 is 32.9. The number of hydrogen-bond donors (Lipinski definition) is 1. The normalized spacial score (nSPS) is 15.5. The van der Waals surface area contributed by atoms with Gasteiger partial charge in [0.15, 0.2) is 0 Å². The van der Waals surface area contributed by atoms with Crippen molar-refractivity contribution in [2.75, 3.05) is 20.2 Å². The van der Waals surface area contributed by atoms with Crippen LogP contribution in [-0.2, 0) is 16.6 Å². The second-order valence-corrected chi connectivity index (χ2v) is 9.36. The Morgan fingerprint density at radius 1 is 1.07 bits per heavy atom. The van der Waals surface area contributed by atoms with Crippen LogP contribution in [0.1, 0.15) is 41.6 Å². The van der Waals surface area contributed by atoms with E-state index in [1.807, 2.05) is 12.1 Å². The number of amides is 1. The van der Waals surface area contributed by atoms with E-state index in [9.17, 15) is 13.2 Å². The van der Waals surface area contributed by atoms with Crippen LogP contribution in [0.4, 0.5) is 0 Å². The van der Waals surface area contributed by atoms with Crippen molar-refractivity contribution >= 4 is 27.5 Å². The van der Waals surface area contributed by atoms with E-state index < -0.39 is 15.9 Å². The van der Waals surface area contributed by atoms with Gasteiger partial charge < -0.3 is 10.1 Å². The first kappa shape index (κ1) is 21.6. The molecule has 0 atom stereocenters. The average molecular weight is 437 g/mol. The van der Waals surface area contributed by atoms with Gasteiger partial charge in [0.05, 0.1) is 17.6 Å². The van der Waals surface area contributed by atoms with Crippen LogP contribution in [0.3, 0.4) is 0 Å². The number of carbonyl (C=O) groups excluding carboxylic acids is 1.